The molecule has 0 aromatic heterocycles. The van der Waals surface area contributed by atoms with Crippen LogP contribution < -0.4 is 10.2 Å². The minimum atomic E-state index is 0.222. The quantitative estimate of drug-likeness (QED) is 0.306. The number of likely N-dealkylation sites (tertiary alicyclic amines) is 1. The lowest BCUT2D eigenvalue weighted by Gasteiger charge is -2.47. The molecule has 3 aromatic carbocycles. The van der Waals surface area contributed by atoms with E-state index in [1.54, 1.807) is 0 Å². The Hall–Kier alpha value is -1.17. The van der Waals surface area contributed by atoms with E-state index in [0.717, 1.165) is 68.1 Å². The zero-order chi connectivity index (χ0) is 25.9. The molecular formula is C29H30Cl5N3. The Bertz CT molecular complexity index is 1210. The largest absolute Gasteiger partial charge is 0.363 e. The van der Waals surface area contributed by atoms with Gasteiger partial charge in [-0.3, -0.25) is 0 Å². The smallest absolute Gasteiger partial charge is 0.0654 e. The van der Waals surface area contributed by atoms with Crippen LogP contribution >= 0.6 is 58.0 Å². The number of anilines is 1. The number of piperidine rings is 2. The first kappa shape index (κ1) is 27.4. The molecule has 37 heavy (non-hydrogen) atoms. The monoisotopic (exact) mass is 595 g/mol. The summed E-state index contributed by atoms with van der Waals surface area (Å²) in [6.45, 7) is 3.94. The molecule has 2 unspecified atom stereocenters. The zero-order valence-electron chi connectivity index (χ0n) is 20.4. The van der Waals surface area contributed by atoms with E-state index in [0.29, 0.717) is 32.2 Å². The van der Waals surface area contributed by atoms with E-state index >= 15 is 0 Å². The molecule has 5 rings (SSSR count). The van der Waals surface area contributed by atoms with Crippen molar-refractivity contribution in [1.82, 2.24) is 10.2 Å². The van der Waals surface area contributed by atoms with E-state index in [1.165, 1.54) is 5.56 Å². The van der Waals surface area contributed by atoms with Gasteiger partial charge in [-0.2, -0.15) is 0 Å². The third kappa shape index (κ3) is 6.70. The summed E-state index contributed by atoms with van der Waals surface area (Å²) in [5, 5.41) is 7.02. The van der Waals surface area contributed by atoms with Crippen molar-refractivity contribution in [3.63, 3.8) is 0 Å². The molecule has 2 fully saturated rings. The van der Waals surface area contributed by atoms with E-state index in [9.17, 15) is 0 Å². The molecule has 0 radical (unpaired) electrons. The number of hydrogen-bond donors (Lipinski definition) is 1. The van der Waals surface area contributed by atoms with Gasteiger partial charge in [-0.25, -0.2) is 0 Å². The van der Waals surface area contributed by atoms with Crippen LogP contribution in [-0.2, 0) is 6.54 Å². The van der Waals surface area contributed by atoms with Gasteiger partial charge in [0.2, 0.25) is 0 Å². The normalized spacial score (nSPS) is 21.4. The SMILES string of the molecule is Clc1ccc(C2CC(N3CCC(NCc4ccc(Cl)c(Cl)c4)CC3)CCN2c2ccc(Cl)cc2Cl)cc1. The molecule has 0 aliphatic carbocycles. The number of nitrogens with one attached hydrogen (secondary N) is 1. The fourth-order valence-corrected chi connectivity index (χ4v) is 6.63. The minimum Gasteiger partial charge on any atom is -0.363 e. The van der Waals surface area contributed by atoms with Gasteiger partial charge < -0.3 is 15.1 Å². The fraction of sp³-hybridized carbons (Fsp3) is 0.379. The summed E-state index contributed by atoms with van der Waals surface area (Å²) in [6.07, 6.45) is 4.42. The van der Waals surface area contributed by atoms with Crippen molar-refractivity contribution in [1.29, 1.82) is 0 Å². The summed E-state index contributed by atoms with van der Waals surface area (Å²) in [5.41, 5.74) is 3.46. The predicted molar refractivity (Wildman–Crippen MR) is 159 cm³/mol. The van der Waals surface area contributed by atoms with Crippen LogP contribution in [0.2, 0.25) is 25.1 Å². The van der Waals surface area contributed by atoms with Gasteiger partial charge in [0.05, 0.1) is 26.8 Å². The number of hydrogen-bond acceptors (Lipinski definition) is 3. The highest BCUT2D eigenvalue weighted by Crippen LogP contribution is 2.41. The minimum absolute atomic E-state index is 0.222. The van der Waals surface area contributed by atoms with Crippen molar-refractivity contribution < 1.29 is 0 Å². The van der Waals surface area contributed by atoms with Crippen molar-refractivity contribution in [3.05, 3.63) is 96.9 Å². The second-order valence-corrected chi connectivity index (χ2v) is 12.1. The first-order valence-electron chi connectivity index (χ1n) is 12.8. The third-order valence-corrected chi connectivity index (χ3v) is 9.20. The molecule has 0 spiro atoms. The van der Waals surface area contributed by atoms with Crippen molar-refractivity contribution in [3.8, 4) is 0 Å². The summed E-state index contributed by atoms with van der Waals surface area (Å²) < 4.78 is 0. The molecule has 3 nitrogen and oxygen atoms in total. The standard InChI is InChI=1S/C29H30Cl5N3/c30-21-4-2-20(3-5-21)29-17-24(11-14-37(29)28-8-6-22(31)16-27(28)34)36-12-9-23(10-13-36)35-18-19-1-7-25(32)26(33)15-19/h1-8,15-16,23-24,29,35H,9-14,17-18H2. The molecule has 0 amide bonds. The highest BCUT2D eigenvalue weighted by molar-refractivity contribution is 6.42. The first-order chi connectivity index (χ1) is 17.9. The van der Waals surface area contributed by atoms with Gasteiger partial charge in [-0.15, -0.1) is 0 Å². The Morgan fingerprint density at radius 3 is 2.14 bits per heavy atom. The lowest BCUT2D eigenvalue weighted by Crippen LogP contribution is -2.51. The van der Waals surface area contributed by atoms with Gasteiger partial charge in [-0.1, -0.05) is 76.2 Å². The molecule has 8 heteroatoms. The number of halogens is 5. The average molecular weight is 598 g/mol. The van der Waals surface area contributed by atoms with Crippen molar-refractivity contribution >= 4 is 63.7 Å². The van der Waals surface area contributed by atoms with Crippen LogP contribution in [0.1, 0.15) is 42.9 Å². The molecule has 3 aromatic rings. The Morgan fingerprint density at radius 2 is 1.43 bits per heavy atom. The maximum absolute atomic E-state index is 6.65. The highest BCUT2D eigenvalue weighted by atomic mass is 35.5. The number of rotatable bonds is 6. The maximum Gasteiger partial charge on any atom is 0.0654 e. The van der Waals surface area contributed by atoms with Crippen LogP contribution in [0, 0.1) is 0 Å². The van der Waals surface area contributed by atoms with E-state index < -0.39 is 0 Å². The molecule has 196 valence electrons. The Balaban J connectivity index is 1.23. The Morgan fingerprint density at radius 1 is 0.703 bits per heavy atom. The Kier molecular flexibility index (Phi) is 9.14. The molecule has 1 N–H and O–H groups in total. The second-order valence-electron chi connectivity index (χ2n) is 9.97. The van der Waals surface area contributed by atoms with Crippen molar-refractivity contribution in [2.45, 2.75) is 50.4 Å². The molecule has 0 saturated carbocycles. The molecule has 2 aliphatic heterocycles. The van der Waals surface area contributed by atoms with Crippen LogP contribution in [0.3, 0.4) is 0 Å². The van der Waals surface area contributed by atoms with Crippen LogP contribution in [0.15, 0.2) is 60.7 Å². The van der Waals surface area contributed by atoms with Gasteiger partial charge in [-0.05, 0) is 92.4 Å². The summed E-state index contributed by atoms with van der Waals surface area (Å²) in [7, 11) is 0. The summed E-state index contributed by atoms with van der Waals surface area (Å²) in [5.74, 6) is 0. The van der Waals surface area contributed by atoms with Crippen LogP contribution in [0.4, 0.5) is 5.69 Å². The topological polar surface area (TPSA) is 18.5 Å². The lowest BCUT2D eigenvalue weighted by molar-refractivity contribution is 0.114. The van der Waals surface area contributed by atoms with E-state index in [2.05, 4.69) is 27.2 Å². The summed E-state index contributed by atoms with van der Waals surface area (Å²) in [4.78, 5) is 5.12. The van der Waals surface area contributed by atoms with Crippen LogP contribution in [-0.4, -0.2) is 36.6 Å². The van der Waals surface area contributed by atoms with Crippen LogP contribution in [0.5, 0.6) is 0 Å². The fourth-order valence-electron chi connectivity index (χ4n) is 5.66. The highest BCUT2D eigenvalue weighted by Gasteiger charge is 2.35. The predicted octanol–water partition coefficient (Wildman–Crippen LogP) is 8.92. The van der Waals surface area contributed by atoms with Gasteiger partial charge >= 0.3 is 0 Å². The van der Waals surface area contributed by atoms with Crippen molar-refractivity contribution in [2.24, 2.45) is 0 Å². The molecule has 2 aliphatic rings. The molecule has 0 bridgehead atoms. The zero-order valence-corrected chi connectivity index (χ0v) is 24.2. The number of benzene rings is 3. The average Bonchev–Trinajstić information content (AvgIpc) is 2.90. The molecule has 2 saturated heterocycles. The lowest BCUT2D eigenvalue weighted by atomic mass is 9.89. The molecule has 2 heterocycles. The second kappa shape index (κ2) is 12.3. The molecule has 2 atom stereocenters. The van der Waals surface area contributed by atoms with Gasteiger partial charge in [0.25, 0.3) is 0 Å². The maximum atomic E-state index is 6.65. The van der Waals surface area contributed by atoms with Gasteiger partial charge in [0.1, 0.15) is 0 Å². The summed E-state index contributed by atoms with van der Waals surface area (Å²) in [6, 6.07) is 21.1. The van der Waals surface area contributed by atoms with E-state index in [-0.39, 0.29) is 6.04 Å². The van der Waals surface area contributed by atoms with Gasteiger partial charge in [0, 0.05) is 35.2 Å². The van der Waals surface area contributed by atoms with Crippen LogP contribution in [0.25, 0.3) is 0 Å². The van der Waals surface area contributed by atoms with Gasteiger partial charge in [0.15, 0.2) is 0 Å². The van der Waals surface area contributed by atoms with E-state index in [1.807, 2.05) is 48.5 Å². The first-order valence-corrected chi connectivity index (χ1v) is 14.6. The third-order valence-electron chi connectivity index (χ3n) is 7.67. The molecular weight excluding hydrogens is 568 g/mol. The van der Waals surface area contributed by atoms with Crippen molar-refractivity contribution in [2.75, 3.05) is 24.5 Å². The number of nitrogens with zero attached hydrogens (tertiary/aromatic N) is 2. The summed E-state index contributed by atoms with van der Waals surface area (Å²) >= 11 is 31.3. The van der Waals surface area contributed by atoms with E-state index in [4.69, 9.17) is 58.0 Å². The Labute approximate surface area is 244 Å².